The van der Waals surface area contributed by atoms with E-state index in [0.29, 0.717) is 11.6 Å². The predicted octanol–water partition coefficient (Wildman–Crippen LogP) is 2.10. The van der Waals surface area contributed by atoms with Crippen LogP contribution in [-0.2, 0) is 11.2 Å². The number of carboxylic acids is 1. The molecule has 0 spiro atoms. The van der Waals surface area contributed by atoms with Crippen molar-refractivity contribution in [3.8, 4) is 0 Å². The fourth-order valence-corrected chi connectivity index (χ4v) is 2.35. The minimum Gasteiger partial charge on any atom is -0.478 e. The summed E-state index contributed by atoms with van der Waals surface area (Å²) >= 11 is 0. The van der Waals surface area contributed by atoms with E-state index < -0.39 is 5.97 Å². The number of aromatic carboxylic acids is 1. The van der Waals surface area contributed by atoms with Crippen molar-refractivity contribution in [1.82, 2.24) is 4.57 Å². The molecule has 88 valence electrons. The van der Waals surface area contributed by atoms with Gasteiger partial charge in [0.15, 0.2) is 0 Å². The second-order valence-electron chi connectivity index (χ2n) is 4.09. The van der Waals surface area contributed by atoms with Crippen molar-refractivity contribution < 1.29 is 14.6 Å². The normalized spacial score (nSPS) is 17.6. The van der Waals surface area contributed by atoms with Crippen LogP contribution in [0.4, 0.5) is 0 Å². The second-order valence-corrected chi connectivity index (χ2v) is 4.09. The lowest BCUT2D eigenvalue weighted by Gasteiger charge is -2.25. The first-order valence-electron chi connectivity index (χ1n) is 5.74. The molecule has 1 aliphatic rings. The van der Waals surface area contributed by atoms with E-state index in [1.807, 2.05) is 13.1 Å². The van der Waals surface area contributed by atoms with Gasteiger partial charge in [-0.25, -0.2) is 4.79 Å². The molecule has 4 nitrogen and oxygen atoms in total. The first-order chi connectivity index (χ1) is 7.74. The Morgan fingerprint density at radius 3 is 2.81 bits per heavy atom. The van der Waals surface area contributed by atoms with Crippen LogP contribution < -0.4 is 0 Å². The Morgan fingerprint density at radius 1 is 1.56 bits per heavy atom. The fraction of sp³-hybridized carbons (Fsp3) is 0.583. The summed E-state index contributed by atoms with van der Waals surface area (Å²) in [5.74, 6) is -0.831. The summed E-state index contributed by atoms with van der Waals surface area (Å²) in [6, 6.07) is 2.10. The van der Waals surface area contributed by atoms with Crippen LogP contribution in [0.1, 0.15) is 41.9 Å². The van der Waals surface area contributed by atoms with Gasteiger partial charge in [-0.1, -0.05) is 6.92 Å². The number of ether oxygens (including phenoxy) is 1. The first-order valence-corrected chi connectivity index (χ1v) is 5.74. The maximum Gasteiger partial charge on any atom is 0.337 e. The molecule has 0 atom stereocenters. The van der Waals surface area contributed by atoms with Crippen LogP contribution in [-0.4, -0.2) is 28.9 Å². The van der Waals surface area contributed by atoms with E-state index in [0.717, 1.165) is 38.2 Å². The predicted molar refractivity (Wildman–Crippen MR) is 59.9 cm³/mol. The zero-order valence-electron chi connectivity index (χ0n) is 9.48. The molecule has 16 heavy (non-hydrogen) atoms. The Labute approximate surface area is 94.8 Å². The largest absolute Gasteiger partial charge is 0.478 e. The molecular weight excluding hydrogens is 206 g/mol. The van der Waals surface area contributed by atoms with Gasteiger partial charge in [0.1, 0.15) is 0 Å². The summed E-state index contributed by atoms with van der Waals surface area (Å²) < 4.78 is 7.44. The van der Waals surface area contributed by atoms with E-state index in [9.17, 15) is 4.79 Å². The summed E-state index contributed by atoms with van der Waals surface area (Å²) in [6.45, 7) is 3.54. The van der Waals surface area contributed by atoms with Gasteiger partial charge in [-0.15, -0.1) is 0 Å². The SMILES string of the molecule is CCc1c(C(=O)O)ccn1C1CCOCC1. The van der Waals surface area contributed by atoms with Crippen LogP contribution in [0, 0.1) is 0 Å². The average Bonchev–Trinajstić information content (AvgIpc) is 2.73. The van der Waals surface area contributed by atoms with Crippen molar-refractivity contribution in [3.05, 3.63) is 23.5 Å². The number of hydrogen-bond donors (Lipinski definition) is 1. The molecule has 1 saturated heterocycles. The zero-order chi connectivity index (χ0) is 11.5. The summed E-state index contributed by atoms with van der Waals surface area (Å²) in [5.41, 5.74) is 1.37. The van der Waals surface area contributed by atoms with Crippen LogP contribution in [0.5, 0.6) is 0 Å². The van der Waals surface area contributed by atoms with Crippen LogP contribution in [0.3, 0.4) is 0 Å². The van der Waals surface area contributed by atoms with Crippen LogP contribution in [0.2, 0.25) is 0 Å². The Balaban J connectivity index is 2.29. The Hall–Kier alpha value is -1.29. The number of carboxylic acid groups (broad SMARTS) is 1. The number of aromatic nitrogens is 1. The number of nitrogens with zero attached hydrogens (tertiary/aromatic N) is 1. The molecule has 1 aliphatic heterocycles. The third-order valence-electron chi connectivity index (χ3n) is 3.17. The maximum atomic E-state index is 11.0. The Kier molecular flexibility index (Phi) is 3.29. The molecule has 0 bridgehead atoms. The highest BCUT2D eigenvalue weighted by Gasteiger charge is 2.21. The van der Waals surface area contributed by atoms with Crippen LogP contribution >= 0.6 is 0 Å². The van der Waals surface area contributed by atoms with E-state index in [2.05, 4.69) is 4.57 Å². The van der Waals surface area contributed by atoms with Crippen molar-refractivity contribution in [3.63, 3.8) is 0 Å². The van der Waals surface area contributed by atoms with Crippen molar-refractivity contribution in [2.45, 2.75) is 32.2 Å². The summed E-state index contributed by atoms with van der Waals surface area (Å²) in [7, 11) is 0. The van der Waals surface area contributed by atoms with Crippen molar-refractivity contribution in [2.75, 3.05) is 13.2 Å². The molecule has 1 aromatic rings. The summed E-state index contributed by atoms with van der Waals surface area (Å²) in [5, 5.41) is 9.07. The van der Waals surface area contributed by atoms with Gasteiger partial charge >= 0.3 is 5.97 Å². The van der Waals surface area contributed by atoms with E-state index in [4.69, 9.17) is 9.84 Å². The first kappa shape index (κ1) is 11.2. The highest BCUT2D eigenvalue weighted by Crippen LogP contribution is 2.25. The standard InChI is InChI=1S/C12H17NO3/c1-2-11-10(12(14)15)3-6-13(11)9-4-7-16-8-5-9/h3,6,9H,2,4-5,7-8H2,1H3,(H,14,15). The molecule has 0 aromatic carbocycles. The molecule has 1 fully saturated rings. The molecular formula is C12H17NO3. The molecule has 1 N–H and O–H groups in total. The minimum absolute atomic E-state index is 0.400. The van der Waals surface area contributed by atoms with Gasteiger partial charge in [-0.2, -0.15) is 0 Å². The van der Waals surface area contributed by atoms with Crippen molar-refractivity contribution >= 4 is 5.97 Å². The monoisotopic (exact) mass is 223 g/mol. The molecule has 0 unspecified atom stereocenters. The number of rotatable bonds is 3. The van der Waals surface area contributed by atoms with E-state index in [1.165, 1.54) is 0 Å². The molecule has 0 amide bonds. The Morgan fingerprint density at radius 2 is 2.25 bits per heavy atom. The van der Waals surface area contributed by atoms with Gasteiger partial charge in [0.05, 0.1) is 5.56 Å². The van der Waals surface area contributed by atoms with E-state index >= 15 is 0 Å². The molecule has 4 heteroatoms. The topological polar surface area (TPSA) is 51.5 Å². The highest BCUT2D eigenvalue weighted by atomic mass is 16.5. The lowest BCUT2D eigenvalue weighted by atomic mass is 10.1. The smallest absolute Gasteiger partial charge is 0.337 e. The van der Waals surface area contributed by atoms with Crippen LogP contribution in [0.25, 0.3) is 0 Å². The van der Waals surface area contributed by atoms with Crippen molar-refractivity contribution in [2.24, 2.45) is 0 Å². The minimum atomic E-state index is -0.831. The van der Waals surface area contributed by atoms with Gasteiger partial charge in [0.25, 0.3) is 0 Å². The molecule has 0 saturated carbocycles. The number of carbonyl (C=O) groups is 1. The van der Waals surface area contributed by atoms with Gasteiger partial charge < -0.3 is 14.4 Å². The number of hydrogen-bond acceptors (Lipinski definition) is 2. The zero-order valence-corrected chi connectivity index (χ0v) is 9.48. The second kappa shape index (κ2) is 4.70. The molecule has 1 aromatic heterocycles. The molecule has 0 radical (unpaired) electrons. The van der Waals surface area contributed by atoms with Crippen LogP contribution in [0.15, 0.2) is 12.3 Å². The van der Waals surface area contributed by atoms with Crippen molar-refractivity contribution in [1.29, 1.82) is 0 Å². The summed E-state index contributed by atoms with van der Waals surface area (Å²) in [4.78, 5) is 11.0. The Bertz CT molecular complexity index is 378. The fourth-order valence-electron chi connectivity index (χ4n) is 2.35. The van der Waals surface area contributed by atoms with E-state index in [-0.39, 0.29) is 0 Å². The lowest BCUT2D eigenvalue weighted by molar-refractivity contribution is 0.0677. The van der Waals surface area contributed by atoms with Gasteiger partial charge in [-0.05, 0) is 25.3 Å². The van der Waals surface area contributed by atoms with Gasteiger partial charge in [0.2, 0.25) is 0 Å². The molecule has 0 aliphatic carbocycles. The van der Waals surface area contributed by atoms with E-state index in [1.54, 1.807) is 6.07 Å². The average molecular weight is 223 g/mol. The quantitative estimate of drug-likeness (QED) is 0.853. The lowest BCUT2D eigenvalue weighted by Crippen LogP contribution is -2.21. The highest BCUT2D eigenvalue weighted by molar-refractivity contribution is 5.89. The van der Waals surface area contributed by atoms with Gasteiger partial charge in [-0.3, -0.25) is 0 Å². The molecule has 2 rings (SSSR count). The summed E-state index contributed by atoms with van der Waals surface area (Å²) in [6.07, 6.45) is 4.60. The van der Waals surface area contributed by atoms with Gasteiger partial charge in [0, 0.05) is 31.1 Å². The maximum absolute atomic E-state index is 11.0. The third kappa shape index (κ3) is 1.97. The molecule has 2 heterocycles. The third-order valence-corrected chi connectivity index (χ3v) is 3.17.